The van der Waals surface area contributed by atoms with Gasteiger partial charge in [0.05, 0.1) is 6.04 Å². The number of nitrogens with two attached hydrogens (primary N) is 1. The second kappa shape index (κ2) is 6.35. The van der Waals surface area contributed by atoms with E-state index >= 15 is 0 Å². The SMILES string of the molecule is NNC(Cc1cc(F)ccc1Cl)c1ccc(Cl)cc1. The van der Waals surface area contributed by atoms with Crippen molar-refractivity contribution in [2.24, 2.45) is 5.84 Å². The van der Waals surface area contributed by atoms with E-state index in [1.807, 2.05) is 12.1 Å². The quantitative estimate of drug-likeness (QED) is 0.664. The summed E-state index contributed by atoms with van der Waals surface area (Å²) in [6, 6.07) is 11.5. The highest BCUT2D eigenvalue weighted by molar-refractivity contribution is 6.31. The molecule has 0 saturated carbocycles. The average molecular weight is 299 g/mol. The molecule has 0 bridgehead atoms. The van der Waals surface area contributed by atoms with Gasteiger partial charge in [-0.05, 0) is 47.9 Å². The van der Waals surface area contributed by atoms with E-state index in [9.17, 15) is 4.39 Å². The van der Waals surface area contributed by atoms with Crippen LogP contribution in [0.15, 0.2) is 42.5 Å². The fourth-order valence-corrected chi connectivity index (χ4v) is 2.21. The van der Waals surface area contributed by atoms with Gasteiger partial charge < -0.3 is 0 Å². The molecule has 0 heterocycles. The predicted molar refractivity (Wildman–Crippen MR) is 76.6 cm³/mol. The Morgan fingerprint density at radius 1 is 1.11 bits per heavy atom. The van der Waals surface area contributed by atoms with Gasteiger partial charge in [0, 0.05) is 10.0 Å². The molecule has 2 aromatic rings. The lowest BCUT2D eigenvalue weighted by molar-refractivity contribution is 0.548. The van der Waals surface area contributed by atoms with Crippen molar-refractivity contribution < 1.29 is 4.39 Å². The highest BCUT2D eigenvalue weighted by atomic mass is 35.5. The second-order valence-corrected chi connectivity index (χ2v) is 5.05. The highest BCUT2D eigenvalue weighted by Gasteiger charge is 2.13. The molecule has 100 valence electrons. The molecule has 0 aromatic heterocycles. The van der Waals surface area contributed by atoms with Crippen molar-refractivity contribution >= 4 is 23.2 Å². The number of hydrazine groups is 1. The summed E-state index contributed by atoms with van der Waals surface area (Å²) in [5, 5.41) is 1.18. The zero-order chi connectivity index (χ0) is 13.8. The number of nitrogens with one attached hydrogen (secondary N) is 1. The first-order chi connectivity index (χ1) is 9.10. The highest BCUT2D eigenvalue weighted by Crippen LogP contribution is 2.24. The van der Waals surface area contributed by atoms with E-state index in [0.717, 1.165) is 5.56 Å². The molecular formula is C14H13Cl2FN2. The molecule has 3 N–H and O–H groups in total. The van der Waals surface area contributed by atoms with E-state index in [2.05, 4.69) is 5.43 Å². The van der Waals surface area contributed by atoms with Crippen LogP contribution in [0, 0.1) is 5.82 Å². The van der Waals surface area contributed by atoms with Crippen LogP contribution < -0.4 is 11.3 Å². The normalized spacial score (nSPS) is 12.4. The Morgan fingerprint density at radius 2 is 1.79 bits per heavy atom. The van der Waals surface area contributed by atoms with Crippen LogP contribution in [0.1, 0.15) is 17.2 Å². The summed E-state index contributed by atoms with van der Waals surface area (Å²) in [5.41, 5.74) is 4.38. The molecule has 0 spiro atoms. The Bertz CT molecular complexity index is 558. The zero-order valence-corrected chi connectivity index (χ0v) is 11.5. The summed E-state index contributed by atoms with van der Waals surface area (Å²) in [7, 11) is 0. The lowest BCUT2D eigenvalue weighted by Gasteiger charge is -2.17. The summed E-state index contributed by atoms with van der Waals surface area (Å²) in [4.78, 5) is 0. The number of hydrogen-bond acceptors (Lipinski definition) is 2. The van der Waals surface area contributed by atoms with Crippen LogP contribution >= 0.6 is 23.2 Å². The van der Waals surface area contributed by atoms with Crippen molar-refractivity contribution in [3.05, 3.63) is 69.5 Å². The summed E-state index contributed by atoms with van der Waals surface area (Å²) in [6.45, 7) is 0. The summed E-state index contributed by atoms with van der Waals surface area (Å²) in [6.07, 6.45) is 0.495. The number of halogens is 3. The molecule has 1 atom stereocenters. The molecular weight excluding hydrogens is 286 g/mol. The molecule has 2 aromatic carbocycles. The Morgan fingerprint density at radius 3 is 2.42 bits per heavy atom. The minimum atomic E-state index is -0.314. The van der Waals surface area contributed by atoms with Gasteiger partial charge in [-0.2, -0.15) is 0 Å². The molecule has 0 aliphatic rings. The molecule has 0 aliphatic heterocycles. The largest absolute Gasteiger partial charge is 0.271 e. The van der Waals surface area contributed by atoms with Gasteiger partial charge in [-0.3, -0.25) is 11.3 Å². The maximum Gasteiger partial charge on any atom is 0.123 e. The first-order valence-corrected chi connectivity index (χ1v) is 6.51. The van der Waals surface area contributed by atoms with Gasteiger partial charge in [0.25, 0.3) is 0 Å². The molecule has 2 nitrogen and oxygen atoms in total. The van der Waals surface area contributed by atoms with Gasteiger partial charge in [0.1, 0.15) is 5.82 Å². The lowest BCUT2D eigenvalue weighted by Crippen LogP contribution is -2.29. The predicted octanol–water partition coefficient (Wildman–Crippen LogP) is 3.88. The van der Waals surface area contributed by atoms with Gasteiger partial charge >= 0.3 is 0 Å². The van der Waals surface area contributed by atoms with E-state index < -0.39 is 0 Å². The maximum absolute atomic E-state index is 13.2. The van der Waals surface area contributed by atoms with Gasteiger partial charge in [-0.1, -0.05) is 35.3 Å². The monoisotopic (exact) mass is 298 g/mol. The van der Waals surface area contributed by atoms with Crippen LogP contribution in [0.25, 0.3) is 0 Å². The van der Waals surface area contributed by atoms with Crippen LogP contribution in [0.3, 0.4) is 0 Å². The summed E-state index contributed by atoms with van der Waals surface area (Å²) < 4.78 is 13.2. The Hall–Kier alpha value is -1.13. The van der Waals surface area contributed by atoms with Gasteiger partial charge in [0.15, 0.2) is 0 Å². The minimum Gasteiger partial charge on any atom is -0.271 e. The van der Waals surface area contributed by atoms with Crippen LogP contribution in [0.4, 0.5) is 4.39 Å². The third kappa shape index (κ3) is 3.67. The Balaban J connectivity index is 2.23. The second-order valence-electron chi connectivity index (χ2n) is 4.21. The van der Waals surface area contributed by atoms with E-state index in [1.165, 1.54) is 12.1 Å². The molecule has 5 heteroatoms. The van der Waals surface area contributed by atoms with Crippen LogP contribution in [-0.2, 0) is 6.42 Å². The van der Waals surface area contributed by atoms with Crippen LogP contribution in [-0.4, -0.2) is 0 Å². The fraction of sp³-hybridized carbons (Fsp3) is 0.143. The third-order valence-corrected chi connectivity index (χ3v) is 3.53. The first-order valence-electron chi connectivity index (χ1n) is 5.75. The Labute approximate surface area is 121 Å². The van der Waals surface area contributed by atoms with Gasteiger partial charge in [-0.25, -0.2) is 4.39 Å². The van der Waals surface area contributed by atoms with Crippen molar-refractivity contribution in [1.29, 1.82) is 0 Å². The topological polar surface area (TPSA) is 38.0 Å². The molecule has 0 radical (unpaired) electrons. The molecule has 0 amide bonds. The molecule has 0 fully saturated rings. The van der Waals surface area contributed by atoms with Crippen molar-refractivity contribution in [3.63, 3.8) is 0 Å². The van der Waals surface area contributed by atoms with Crippen molar-refractivity contribution in [1.82, 2.24) is 5.43 Å². The smallest absolute Gasteiger partial charge is 0.123 e. The van der Waals surface area contributed by atoms with Gasteiger partial charge in [0.2, 0.25) is 0 Å². The van der Waals surface area contributed by atoms with E-state index in [4.69, 9.17) is 29.0 Å². The average Bonchev–Trinajstić information content (AvgIpc) is 2.41. The van der Waals surface area contributed by atoms with Crippen molar-refractivity contribution in [2.75, 3.05) is 0 Å². The first kappa shape index (κ1) is 14.3. The number of benzene rings is 2. The number of rotatable bonds is 4. The van der Waals surface area contributed by atoms with E-state index in [-0.39, 0.29) is 11.9 Å². The zero-order valence-electron chi connectivity index (χ0n) is 10.0. The van der Waals surface area contributed by atoms with E-state index in [0.29, 0.717) is 22.0 Å². The van der Waals surface area contributed by atoms with Crippen molar-refractivity contribution in [2.45, 2.75) is 12.5 Å². The third-order valence-electron chi connectivity index (χ3n) is 2.91. The van der Waals surface area contributed by atoms with Crippen LogP contribution in [0.2, 0.25) is 10.0 Å². The lowest BCUT2D eigenvalue weighted by atomic mass is 9.99. The summed E-state index contributed by atoms with van der Waals surface area (Å²) in [5.74, 6) is 5.25. The Kier molecular flexibility index (Phi) is 4.77. The van der Waals surface area contributed by atoms with Crippen LogP contribution in [0.5, 0.6) is 0 Å². The summed E-state index contributed by atoms with van der Waals surface area (Å²) >= 11 is 11.9. The molecule has 0 aliphatic carbocycles. The number of hydrogen-bond donors (Lipinski definition) is 2. The maximum atomic E-state index is 13.2. The molecule has 2 rings (SSSR count). The molecule has 1 unspecified atom stereocenters. The minimum absolute atomic E-state index is 0.156. The van der Waals surface area contributed by atoms with Gasteiger partial charge in [-0.15, -0.1) is 0 Å². The molecule has 0 saturated heterocycles. The van der Waals surface area contributed by atoms with E-state index in [1.54, 1.807) is 18.2 Å². The van der Waals surface area contributed by atoms with Crippen molar-refractivity contribution in [3.8, 4) is 0 Å². The fourth-order valence-electron chi connectivity index (χ4n) is 1.89. The standard InChI is InChI=1S/C14H13Cl2FN2/c15-11-3-1-9(2-4-11)14(19-18)8-10-7-12(17)5-6-13(10)16/h1-7,14,19H,8,18H2. The molecule has 19 heavy (non-hydrogen) atoms.